The second-order valence-corrected chi connectivity index (χ2v) is 4.64. The van der Waals surface area contributed by atoms with E-state index in [4.69, 9.17) is 10.5 Å². The second-order valence-electron chi connectivity index (χ2n) is 4.64. The van der Waals surface area contributed by atoms with E-state index < -0.39 is 0 Å². The van der Waals surface area contributed by atoms with Crippen LogP contribution in [-0.2, 0) is 9.59 Å². The van der Waals surface area contributed by atoms with Crippen molar-refractivity contribution in [2.24, 2.45) is 0 Å². The summed E-state index contributed by atoms with van der Waals surface area (Å²) in [5, 5.41) is 5.34. The van der Waals surface area contributed by atoms with E-state index >= 15 is 0 Å². The first kappa shape index (κ1) is 15.4. The van der Waals surface area contributed by atoms with E-state index in [0.29, 0.717) is 22.8 Å². The molecule has 0 radical (unpaired) electrons. The fourth-order valence-electron chi connectivity index (χ4n) is 1.79. The quantitative estimate of drug-likeness (QED) is 0.738. The summed E-state index contributed by atoms with van der Waals surface area (Å²) < 4.78 is 5.44. The third kappa shape index (κ3) is 4.52. The van der Waals surface area contributed by atoms with Gasteiger partial charge in [-0.25, -0.2) is 0 Å². The molecule has 0 spiro atoms. The zero-order valence-corrected chi connectivity index (χ0v) is 12.1. The number of amides is 2. The van der Waals surface area contributed by atoms with Crippen LogP contribution in [0.25, 0.3) is 0 Å². The molecule has 0 unspecified atom stereocenters. The fourth-order valence-corrected chi connectivity index (χ4v) is 1.79. The molecule has 0 atom stereocenters. The van der Waals surface area contributed by atoms with Crippen LogP contribution in [0, 0.1) is 0 Å². The molecule has 0 bridgehead atoms. The van der Waals surface area contributed by atoms with Crippen molar-refractivity contribution in [3.8, 4) is 5.75 Å². The monoisotopic (exact) mass is 299 g/mol. The Labute approximate surface area is 128 Å². The molecule has 0 aliphatic heterocycles. The maximum atomic E-state index is 11.8. The number of anilines is 3. The maximum Gasteiger partial charge on any atom is 0.262 e. The molecule has 2 aromatic carbocycles. The molecule has 0 aromatic heterocycles. The minimum atomic E-state index is -0.303. The zero-order chi connectivity index (χ0) is 15.9. The Morgan fingerprint density at radius 1 is 1.05 bits per heavy atom. The molecular weight excluding hydrogens is 282 g/mol. The summed E-state index contributed by atoms with van der Waals surface area (Å²) in [5.41, 5.74) is 7.36. The molecule has 114 valence electrons. The summed E-state index contributed by atoms with van der Waals surface area (Å²) in [6.45, 7) is 1.24. The number of nitrogen functional groups attached to an aromatic ring is 1. The predicted molar refractivity (Wildman–Crippen MR) is 85.7 cm³/mol. The molecule has 6 heteroatoms. The lowest BCUT2D eigenvalue weighted by Crippen LogP contribution is -2.20. The average molecular weight is 299 g/mol. The predicted octanol–water partition coefficient (Wildman–Crippen LogP) is 2.24. The highest BCUT2D eigenvalue weighted by atomic mass is 16.5. The van der Waals surface area contributed by atoms with E-state index in [1.807, 2.05) is 0 Å². The Morgan fingerprint density at radius 2 is 1.73 bits per heavy atom. The lowest BCUT2D eigenvalue weighted by atomic mass is 10.3. The maximum absolute atomic E-state index is 11.8. The van der Waals surface area contributed by atoms with Crippen molar-refractivity contribution in [3.05, 3.63) is 48.5 Å². The van der Waals surface area contributed by atoms with Crippen molar-refractivity contribution in [2.45, 2.75) is 6.92 Å². The first-order valence-corrected chi connectivity index (χ1v) is 6.69. The number of hydrogen-bond donors (Lipinski definition) is 3. The van der Waals surface area contributed by atoms with Crippen LogP contribution in [0.1, 0.15) is 6.92 Å². The van der Waals surface area contributed by atoms with Gasteiger partial charge in [0.05, 0.1) is 5.69 Å². The van der Waals surface area contributed by atoms with Crippen molar-refractivity contribution < 1.29 is 14.3 Å². The summed E-state index contributed by atoms with van der Waals surface area (Å²) in [4.78, 5) is 23.0. The number of nitrogens with two attached hydrogens (primary N) is 1. The lowest BCUT2D eigenvalue weighted by molar-refractivity contribution is -0.118. The Morgan fingerprint density at radius 3 is 2.41 bits per heavy atom. The summed E-state index contributed by atoms with van der Waals surface area (Å²) >= 11 is 0. The van der Waals surface area contributed by atoms with Crippen molar-refractivity contribution in [1.82, 2.24) is 0 Å². The summed E-state index contributed by atoms with van der Waals surface area (Å²) in [5.74, 6) is -0.0741. The fraction of sp³-hybridized carbons (Fsp3) is 0.125. The smallest absolute Gasteiger partial charge is 0.262 e. The lowest BCUT2D eigenvalue weighted by Gasteiger charge is -2.11. The van der Waals surface area contributed by atoms with Gasteiger partial charge in [-0.15, -0.1) is 0 Å². The topological polar surface area (TPSA) is 93.4 Å². The molecule has 0 aliphatic carbocycles. The minimum Gasteiger partial charge on any atom is -0.482 e. The Balaban J connectivity index is 1.93. The Bertz CT molecular complexity index is 669. The highest BCUT2D eigenvalue weighted by molar-refractivity contribution is 5.93. The molecule has 0 heterocycles. The van der Waals surface area contributed by atoms with Gasteiger partial charge in [-0.1, -0.05) is 12.1 Å². The SMILES string of the molecule is CC(=O)Nc1ccccc1OCC(=O)Nc1ccc(N)cc1. The van der Waals surface area contributed by atoms with E-state index in [9.17, 15) is 9.59 Å². The molecule has 0 saturated carbocycles. The van der Waals surface area contributed by atoms with Gasteiger partial charge in [0.15, 0.2) is 6.61 Å². The van der Waals surface area contributed by atoms with Crippen LogP contribution in [0.4, 0.5) is 17.1 Å². The molecule has 6 nitrogen and oxygen atoms in total. The van der Waals surface area contributed by atoms with Crippen molar-refractivity contribution in [2.75, 3.05) is 23.0 Å². The number of carbonyl (C=O) groups excluding carboxylic acids is 2. The number of carbonyl (C=O) groups is 2. The third-order valence-electron chi connectivity index (χ3n) is 2.75. The highest BCUT2D eigenvalue weighted by Crippen LogP contribution is 2.23. The number of hydrogen-bond acceptors (Lipinski definition) is 4. The van der Waals surface area contributed by atoms with Crippen LogP contribution in [0.2, 0.25) is 0 Å². The molecule has 4 N–H and O–H groups in total. The standard InChI is InChI=1S/C16H17N3O3/c1-11(20)18-14-4-2-3-5-15(14)22-10-16(21)19-13-8-6-12(17)7-9-13/h2-9H,10,17H2,1H3,(H,18,20)(H,19,21). The van der Waals surface area contributed by atoms with Crippen molar-refractivity contribution >= 4 is 28.9 Å². The summed E-state index contributed by atoms with van der Waals surface area (Å²) in [6.07, 6.45) is 0. The average Bonchev–Trinajstić information content (AvgIpc) is 2.48. The number of nitrogens with one attached hydrogen (secondary N) is 2. The third-order valence-corrected chi connectivity index (χ3v) is 2.75. The van der Waals surface area contributed by atoms with Gasteiger partial charge in [-0.2, -0.15) is 0 Å². The number of benzene rings is 2. The van der Waals surface area contributed by atoms with Gasteiger partial charge in [-0.3, -0.25) is 9.59 Å². The van der Waals surface area contributed by atoms with E-state index in [1.165, 1.54) is 6.92 Å². The summed E-state index contributed by atoms with van der Waals surface area (Å²) in [6, 6.07) is 13.7. The van der Waals surface area contributed by atoms with Crippen molar-refractivity contribution in [1.29, 1.82) is 0 Å². The van der Waals surface area contributed by atoms with Gasteiger partial charge < -0.3 is 21.1 Å². The molecule has 0 saturated heterocycles. The molecule has 0 fully saturated rings. The minimum absolute atomic E-state index is 0.166. The Kier molecular flexibility index (Phi) is 4.98. The number of ether oxygens (including phenoxy) is 1. The van der Waals surface area contributed by atoms with Crippen LogP contribution in [0.3, 0.4) is 0 Å². The molecule has 0 aliphatic rings. The van der Waals surface area contributed by atoms with E-state index in [-0.39, 0.29) is 18.4 Å². The molecule has 22 heavy (non-hydrogen) atoms. The highest BCUT2D eigenvalue weighted by Gasteiger charge is 2.08. The van der Waals surface area contributed by atoms with Gasteiger partial charge >= 0.3 is 0 Å². The van der Waals surface area contributed by atoms with Gasteiger partial charge in [0.1, 0.15) is 5.75 Å². The number of para-hydroxylation sites is 2. The first-order chi connectivity index (χ1) is 10.5. The van der Waals surface area contributed by atoms with Crippen LogP contribution in [0.15, 0.2) is 48.5 Å². The Hall–Kier alpha value is -3.02. The van der Waals surface area contributed by atoms with Crippen LogP contribution in [-0.4, -0.2) is 18.4 Å². The van der Waals surface area contributed by atoms with Crippen LogP contribution >= 0.6 is 0 Å². The van der Waals surface area contributed by atoms with E-state index in [1.54, 1.807) is 48.5 Å². The van der Waals surface area contributed by atoms with E-state index in [2.05, 4.69) is 10.6 Å². The normalized spacial score (nSPS) is 9.86. The molecule has 2 amide bonds. The number of rotatable bonds is 5. The van der Waals surface area contributed by atoms with Gasteiger partial charge in [0, 0.05) is 18.3 Å². The van der Waals surface area contributed by atoms with Crippen molar-refractivity contribution in [3.63, 3.8) is 0 Å². The van der Waals surface area contributed by atoms with Crippen LogP contribution < -0.4 is 21.1 Å². The largest absolute Gasteiger partial charge is 0.482 e. The van der Waals surface area contributed by atoms with E-state index in [0.717, 1.165) is 0 Å². The second kappa shape index (κ2) is 7.12. The van der Waals surface area contributed by atoms with Crippen LogP contribution in [0.5, 0.6) is 5.75 Å². The molecule has 2 aromatic rings. The van der Waals surface area contributed by atoms with Gasteiger partial charge in [-0.05, 0) is 36.4 Å². The molecule has 2 rings (SSSR count). The zero-order valence-electron chi connectivity index (χ0n) is 12.1. The van der Waals surface area contributed by atoms with Gasteiger partial charge in [0.25, 0.3) is 5.91 Å². The molecular formula is C16H17N3O3. The first-order valence-electron chi connectivity index (χ1n) is 6.69. The summed E-state index contributed by atoms with van der Waals surface area (Å²) in [7, 11) is 0. The van der Waals surface area contributed by atoms with Gasteiger partial charge in [0.2, 0.25) is 5.91 Å².